The van der Waals surface area contributed by atoms with E-state index in [2.05, 4.69) is 140 Å². The Labute approximate surface area is 405 Å². The molecule has 2 unspecified atom stereocenters. The van der Waals surface area contributed by atoms with Gasteiger partial charge >= 0.3 is 0 Å². The molecule has 8 saturated carbocycles. The van der Waals surface area contributed by atoms with Gasteiger partial charge in [0.25, 0.3) is 0 Å². The van der Waals surface area contributed by atoms with Crippen molar-refractivity contribution >= 4 is 0 Å². The molecule has 1 N–H and O–H groups in total. The van der Waals surface area contributed by atoms with E-state index in [0.717, 1.165) is 106 Å². The summed E-state index contributed by atoms with van der Waals surface area (Å²) in [6.07, 6.45) is 24.9. The van der Waals surface area contributed by atoms with Gasteiger partial charge in [0.15, 0.2) is 0 Å². The van der Waals surface area contributed by atoms with E-state index in [1.165, 1.54) is 122 Å². The van der Waals surface area contributed by atoms with E-state index >= 15 is 0 Å². The van der Waals surface area contributed by atoms with E-state index in [1.54, 1.807) is 0 Å². The van der Waals surface area contributed by atoms with E-state index in [0.29, 0.717) is 17.2 Å². The Morgan fingerprint density at radius 1 is 0.508 bits per heavy atom. The Morgan fingerprint density at radius 2 is 1.00 bits per heavy atom. The molecule has 2 atom stereocenters. The minimum atomic E-state index is 0.223. The van der Waals surface area contributed by atoms with Crippen LogP contribution in [0, 0.1) is 106 Å². The lowest BCUT2D eigenvalue weighted by atomic mass is 9.56. The highest BCUT2D eigenvalue weighted by molar-refractivity contribution is 5.16. The number of hydrogen-bond acceptors (Lipinski definition) is 5. The maximum absolute atomic E-state index is 5.45. The lowest BCUT2D eigenvalue weighted by Gasteiger charge is -2.49. The van der Waals surface area contributed by atoms with Gasteiger partial charge in [-0.3, -0.25) is 0 Å². The Hall–Kier alpha value is -0.940. The van der Waals surface area contributed by atoms with Crippen LogP contribution >= 0.6 is 0 Å². The van der Waals surface area contributed by atoms with Crippen LogP contribution in [0.5, 0.6) is 0 Å². The number of fused-ring (bicyclic) bond motifs is 4. The lowest BCUT2D eigenvalue weighted by Crippen LogP contribution is -2.43. The van der Waals surface area contributed by atoms with Crippen molar-refractivity contribution in [2.45, 2.75) is 246 Å². The van der Waals surface area contributed by atoms with Gasteiger partial charge in [-0.25, -0.2) is 0 Å². The van der Waals surface area contributed by atoms with Gasteiger partial charge in [-0.2, -0.15) is 0 Å². The van der Waals surface area contributed by atoms with Crippen LogP contribution < -0.4 is 5.32 Å². The van der Waals surface area contributed by atoms with Crippen molar-refractivity contribution in [2.75, 3.05) is 26.3 Å². The van der Waals surface area contributed by atoms with Crippen LogP contribution in [0.4, 0.5) is 0 Å². The van der Waals surface area contributed by atoms with Gasteiger partial charge in [0, 0.05) is 12.3 Å². The monoisotopic (exact) mass is 908 g/mol. The first-order chi connectivity index (χ1) is 30.4. The molecule has 5 nitrogen and oxygen atoms in total. The number of aromatic nitrogens is 2. The molecule has 2 bridgehead atoms. The lowest BCUT2D eigenvalue weighted by molar-refractivity contribution is -0.126. The summed E-state index contributed by atoms with van der Waals surface area (Å²) in [5, 5.41) is 11.3. The summed E-state index contributed by atoms with van der Waals surface area (Å²) in [5.74, 6) is 13.8. The average Bonchev–Trinajstić information content (AvgIpc) is 4.19. The molecule has 5 heteroatoms. The molecule has 0 radical (unpaired) electrons. The maximum atomic E-state index is 5.45. The van der Waals surface area contributed by atoms with Gasteiger partial charge in [0.1, 0.15) is 0 Å². The van der Waals surface area contributed by atoms with Gasteiger partial charge < -0.3 is 14.5 Å². The van der Waals surface area contributed by atoms with Gasteiger partial charge in [-0.05, 0) is 183 Å². The van der Waals surface area contributed by atoms with Gasteiger partial charge in [0.05, 0.1) is 18.6 Å². The predicted molar refractivity (Wildman–Crippen MR) is 280 cm³/mol. The van der Waals surface area contributed by atoms with Crippen molar-refractivity contribution in [1.82, 2.24) is 15.5 Å². The molecule has 2 saturated heterocycles. The molecule has 1 aromatic rings. The highest BCUT2D eigenvalue weighted by Gasteiger charge is 2.54. The second kappa shape index (κ2) is 24.3. The Balaban J connectivity index is 0.000000167. The fraction of sp³-hybridized carbons (Fsp3) is 0.967. The second-order valence-corrected chi connectivity index (χ2v) is 27.0. The highest BCUT2D eigenvalue weighted by Crippen LogP contribution is 2.58. The fourth-order valence-electron chi connectivity index (χ4n) is 12.9. The standard InChI is InChI=1S/C11H20.C9H14N2O.C9H18.C8H15N.2C8H16.C7H14O/c1-9(2)11-6-3-10(4-7-11)5-8-11;1-6(2)9(4-5-9)8-11-10-7(3)12-8;1-7(2)9(5-6-9)8(3)4;1-5(2)8-6-3-9-4-7(6)8;1-7(2)8(3)5-4-6-8;1-7(2)8-5-3-4-6-8;1-6(2)7(3)4-8-5-7/h9-10H,3-8H2,1-2H3;6H,4-5H2,1-3H3;7-8H,5-6H2,1-4H3;5-9H,3-4H2,1-2H3;7H,4-6H2,1-3H3;7-8H,3-6H2,1-2H3;6H,4-5H2,1-3H3. The van der Waals surface area contributed by atoms with Crippen LogP contribution in [0.2, 0.25) is 0 Å². The van der Waals surface area contributed by atoms with E-state index in [1.807, 2.05) is 6.92 Å². The summed E-state index contributed by atoms with van der Waals surface area (Å²) >= 11 is 0. The Kier molecular flexibility index (Phi) is 21.1. The third-order valence-electron chi connectivity index (χ3n) is 20.8. The van der Waals surface area contributed by atoms with Crippen molar-refractivity contribution in [1.29, 1.82) is 0 Å². The molecule has 11 rings (SSSR count). The van der Waals surface area contributed by atoms with Crippen LogP contribution in [-0.4, -0.2) is 36.5 Å². The number of aryl methyl sites for hydroxylation is 1. The minimum Gasteiger partial charge on any atom is -0.425 e. The summed E-state index contributed by atoms with van der Waals surface area (Å²) < 4.78 is 10.5. The van der Waals surface area contributed by atoms with Crippen molar-refractivity contribution < 1.29 is 9.15 Å². The molecule has 10 fully saturated rings. The second-order valence-electron chi connectivity index (χ2n) is 27.0. The predicted octanol–water partition coefficient (Wildman–Crippen LogP) is 17.2. The van der Waals surface area contributed by atoms with Crippen molar-refractivity contribution in [3.63, 3.8) is 0 Å². The smallest absolute Gasteiger partial charge is 0.222 e. The summed E-state index contributed by atoms with van der Waals surface area (Å²) in [6, 6.07) is 0. The first-order valence-electron chi connectivity index (χ1n) is 28.5. The zero-order valence-corrected chi connectivity index (χ0v) is 47.1. The molecule has 8 aliphatic carbocycles. The summed E-state index contributed by atoms with van der Waals surface area (Å²) in [4.78, 5) is 0. The van der Waals surface area contributed by atoms with E-state index in [-0.39, 0.29) is 5.41 Å². The summed E-state index contributed by atoms with van der Waals surface area (Å²) in [6.45, 7) is 48.3. The first-order valence-corrected chi connectivity index (χ1v) is 28.5. The Morgan fingerprint density at radius 3 is 1.18 bits per heavy atom. The molecule has 0 amide bonds. The SMILES string of the molecule is CC(C)C1(C(C)C)CC1.CC(C)C1(C)CCC1.CC(C)C1(C)COC1.CC(C)C12CCC(CC1)CC2.CC(C)C1C2CNCC21.CC(C)C1CCCC1.Cc1nnc(C2(C(C)C)CC2)o1. The van der Waals surface area contributed by atoms with Crippen LogP contribution in [0.25, 0.3) is 0 Å². The van der Waals surface area contributed by atoms with Crippen molar-refractivity contribution in [3.05, 3.63) is 11.8 Å². The number of rotatable bonds is 9. The average molecular weight is 909 g/mol. The molecule has 0 aromatic carbocycles. The fourth-order valence-corrected chi connectivity index (χ4v) is 12.9. The summed E-state index contributed by atoms with van der Waals surface area (Å²) in [5.41, 5.74) is 2.98. The van der Waals surface area contributed by atoms with E-state index in [4.69, 9.17) is 9.15 Å². The highest BCUT2D eigenvalue weighted by atomic mass is 16.5. The third-order valence-corrected chi connectivity index (χ3v) is 20.8. The van der Waals surface area contributed by atoms with Crippen LogP contribution in [-0.2, 0) is 10.2 Å². The zero-order valence-electron chi connectivity index (χ0n) is 47.1. The molecule has 1 aromatic heterocycles. The molecule has 380 valence electrons. The van der Waals surface area contributed by atoms with Gasteiger partial charge in [0.2, 0.25) is 11.8 Å². The quantitative estimate of drug-likeness (QED) is 0.267. The number of hydrogen-bond donors (Lipinski definition) is 1. The number of piperidine rings is 1. The molecule has 65 heavy (non-hydrogen) atoms. The van der Waals surface area contributed by atoms with E-state index < -0.39 is 0 Å². The molecule has 10 aliphatic rings. The summed E-state index contributed by atoms with van der Waals surface area (Å²) in [7, 11) is 0. The zero-order chi connectivity index (χ0) is 48.5. The normalized spacial score (nSPS) is 30.0. The molecular weight excluding hydrogens is 795 g/mol. The maximum Gasteiger partial charge on any atom is 0.222 e. The third kappa shape index (κ3) is 15.0. The number of nitrogens with zero attached hydrogens (tertiary/aromatic N) is 2. The van der Waals surface area contributed by atoms with Crippen molar-refractivity contribution in [3.8, 4) is 0 Å². The number of nitrogens with one attached hydrogen (secondary N) is 1. The van der Waals surface area contributed by atoms with Crippen molar-refractivity contribution in [2.24, 2.45) is 98.6 Å². The molecule has 2 aliphatic heterocycles. The van der Waals surface area contributed by atoms with Crippen LogP contribution in [0.1, 0.15) is 246 Å². The minimum absolute atomic E-state index is 0.223. The van der Waals surface area contributed by atoms with Gasteiger partial charge in [-0.1, -0.05) is 157 Å². The van der Waals surface area contributed by atoms with Crippen LogP contribution in [0.3, 0.4) is 0 Å². The molecule has 3 heterocycles. The largest absolute Gasteiger partial charge is 0.425 e. The molecular formula is C60H113N3O2. The van der Waals surface area contributed by atoms with Gasteiger partial charge in [-0.15, -0.1) is 10.2 Å². The topological polar surface area (TPSA) is 60.2 Å². The Bertz CT molecular complexity index is 1410. The van der Waals surface area contributed by atoms with E-state index in [9.17, 15) is 0 Å². The van der Waals surface area contributed by atoms with Crippen LogP contribution in [0.15, 0.2) is 4.42 Å². The first kappa shape index (κ1) is 56.6. The molecule has 0 spiro atoms. The number of ether oxygens (including phenoxy) is 1.